The number of carbonyl (C=O) groups excluding carboxylic acids is 1. The van der Waals surface area contributed by atoms with E-state index in [9.17, 15) is 4.79 Å². The molecule has 0 aliphatic heterocycles. The fraction of sp³-hybridized carbons (Fsp3) is 0.588. The number of urea groups is 1. The van der Waals surface area contributed by atoms with Gasteiger partial charge in [-0.05, 0) is 45.2 Å². The Balaban J connectivity index is 1.98. The van der Waals surface area contributed by atoms with Crippen molar-refractivity contribution in [1.29, 1.82) is 0 Å². The van der Waals surface area contributed by atoms with Crippen LogP contribution in [0.3, 0.4) is 0 Å². The van der Waals surface area contributed by atoms with E-state index in [4.69, 9.17) is 9.47 Å². The molecule has 1 aromatic carbocycles. The maximum atomic E-state index is 11.5. The Morgan fingerprint density at radius 1 is 1.09 bits per heavy atom. The minimum absolute atomic E-state index is 0.138. The molecule has 0 radical (unpaired) electrons. The van der Waals surface area contributed by atoms with Gasteiger partial charge < -0.3 is 20.1 Å². The van der Waals surface area contributed by atoms with Crippen LogP contribution in [0, 0.1) is 6.92 Å². The first-order valence-corrected chi connectivity index (χ1v) is 7.91. The lowest BCUT2D eigenvalue weighted by Gasteiger charge is -2.10. The number of benzene rings is 1. The summed E-state index contributed by atoms with van der Waals surface area (Å²) in [7, 11) is 0. The van der Waals surface area contributed by atoms with Gasteiger partial charge in [-0.1, -0.05) is 18.2 Å². The van der Waals surface area contributed by atoms with Crippen LogP contribution in [0.2, 0.25) is 0 Å². The van der Waals surface area contributed by atoms with Crippen LogP contribution in [0.15, 0.2) is 24.3 Å². The zero-order valence-electron chi connectivity index (χ0n) is 13.9. The molecule has 0 atom stereocenters. The average molecular weight is 308 g/mol. The summed E-state index contributed by atoms with van der Waals surface area (Å²) in [5.41, 5.74) is 1.12. The normalized spacial score (nSPS) is 10.5. The second kappa shape index (κ2) is 10.9. The highest BCUT2D eigenvalue weighted by Crippen LogP contribution is 2.15. The third-order valence-electron chi connectivity index (χ3n) is 3.02. The Kier molecular flexibility index (Phi) is 9.07. The van der Waals surface area contributed by atoms with Gasteiger partial charge in [-0.3, -0.25) is 0 Å². The smallest absolute Gasteiger partial charge is 0.314 e. The van der Waals surface area contributed by atoms with Crippen LogP contribution in [0.25, 0.3) is 0 Å². The molecule has 0 saturated carbocycles. The minimum atomic E-state index is -0.138. The molecule has 124 valence electrons. The van der Waals surface area contributed by atoms with Crippen LogP contribution in [-0.2, 0) is 4.74 Å². The molecule has 22 heavy (non-hydrogen) atoms. The standard InChI is InChI=1S/C17H28N2O3/c1-14(2)21-12-6-10-18-17(20)19-11-7-13-22-16-9-5-4-8-15(16)3/h4-5,8-9,14H,6-7,10-13H2,1-3H3,(H2,18,19,20). The van der Waals surface area contributed by atoms with Gasteiger partial charge in [0.25, 0.3) is 0 Å². The molecule has 0 aliphatic rings. The van der Waals surface area contributed by atoms with Crippen molar-refractivity contribution >= 4 is 6.03 Å². The number of hydrogen-bond donors (Lipinski definition) is 2. The molecular weight excluding hydrogens is 280 g/mol. The summed E-state index contributed by atoms with van der Waals surface area (Å²) in [5.74, 6) is 0.900. The van der Waals surface area contributed by atoms with E-state index in [1.807, 2.05) is 45.0 Å². The molecule has 2 amide bonds. The number of nitrogens with one attached hydrogen (secondary N) is 2. The number of ether oxygens (including phenoxy) is 2. The summed E-state index contributed by atoms with van der Waals surface area (Å²) in [4.78, 5) is 11.5. The lowest BCUT2D eigenvalue weighted by atomic mass is 10.2. The van der Waals surface area contributed by atoms with Crippen LogP contribution in [-0.4, -0.2) is 38.4 Å². The zero-order valence-corrected chi connectivity index (χ0v) is 13.9. The highest BCUT2D eigenvalue weighted by atomic mass is 16.5. The van der Waals surface area contributed by atoms with E-state index < -0.39 is 0 Å². The van der Waals surface area contributed by atoms with Gasteiger partial charge in [0.1, 0.15) is 5.75 Å². The van der Waals surface area contributed by atoms with Crippen molar-refractivity contribution in [3.05, 3.63) is 29.8 Å². The summed E-state index contributed by atoms with van der Waals surface area (Å²) in [6.45, 7) is 8.50. The van der Waals surface area contributed by atoms with E-state index in [0.29, 0.717) is 26.3 Å². The van der Waals surface area contributed by atoms with E-state index in [0.717, 1.165) is 24.2 Å². The maximum Gasteiger partial charge on any atom is 0.314 e. The van der Waals surface area contributed by atoms with E-state index in [1.54, 1.807) is 0 Å². The van der Waals surface area contributed by atoms with Crippen LogP contribution in [0.4, 0.5) is 4.79 Å². The second-order valence-corrected chi connectivity index (χ2v) is 5.42. The predicted molar refractivity (Wildman–Crippen MR) is 88.4 cm³/mol. The molecule has 0 unspecified atom stereocenters. The number of aryl methyl sites for hydroxylation is 1. The highest BCUT2D eigenvalue weighted by molar-refractivity contribution is 5.73. The molecule has 1 rings (SSSR count). The number of rotatable bonds is 10. The predicted octanol–water partition coefficient (Wildman–Crippen LogP) is 2.88. The zero-order chi connectivity index (χ0) is 16.2. The first-order chi connectivity index (χ1) is 10.6. The van der Waals surface area contributed by atoms with Gasteiger partial charge in [0, 0.05) is 19.7 Å². The molecule has 0 fully saturated rings. The van der Waals surface area contributed by atoms with Crippen LogP contribution in [0.5, 0.6) is 5.75 Å². The van der Waals surface area contributed by atoms with Gasteiger partial charge in [-0.25, -0.2) is 4.79 Å². The topological polar surface area (TPSA) is 59.6 Å². The molecule has 0 aliphatic carbocycles. The molecule has 5 nitrogen and oxygen atoms in total. The Hall–Kier alpha value is -1.75. The molecule has 2 N–H and O–H groups in total. The summed E-state index contributed by atoms with van der Waals surface area (Å²) >= 11 is 0. The molecule has 0 bridgehead atoms. The first kappa shape index (κ1) is 18.3. The Morgan fingerprint density at radius 2 is 1.73 bits per heavy atom. The van der Waals surface area contributed by atoms with Gasteiger partial charge in [0.2, 0.25) is 0 Å². The molecule has 1 aromatic rings. The monoisotopic (exact) mass is 308 g/mol. The van der Waals surface area contributed by atoms with Crippen LogP contribution in [0.1, 0.15) is 32.3 Å². The molecule has 5 heteroatoms. The van der Waals surface area contributed by atoms with E-state index >= 15 is 0 Å². The molecule has 0 heterocycles. The molecule has 0 saturated heterocycles. The number of hydrogen-bond acceptors (Lipinski definition) is 3. The molecule has 0 spiro atoms. The third kappa shape index (κ3) is 8.52. The SMILES string of the molecule is Cc1ccccc1OCCCNC(=O)NCCCOC(C)C. The summed E-state index contributed by atoms with van der Waals surface area (Å²) in [6, 6.07) is 7.77. The van der Waals surface area contributed by atoms with Crippen molar-refractivity contribution in [1.82, 2.24) is 10.6 Å². The average Bonchev–Trinajstić information content (AvgIpc) is 2.48. The summed E-state index contributed by atoms with van der Waals surface area (Å²) in [5, 5.41) is 5.62. The van der Waals surface area contributed by atoms with Crippen LogP contribution >= 0.6 is 0 Å². The Labute approximate surface area is 133 Å². The number of amides is 2. The van der Waals surface area contributed by atoms with Crippen molar-refractivity contribution in [3.63, 3.8) is 0 Å². The first-order valence-electron chi connectivity index (χ1n) is 7.91. The van der Waals surface area contributed by atoms with Gasteiger partial charge >= 0.3 is 6.03 Å². The fourth-order valence-electron chi connectivity index (χ4n) is 1.83. The van der Waals surface area contributed by atoms with Gasteiger partial charge in [0.15, 0.2) is 0 Å². The highest BCUT2D eigenvalue weighted by Gasteiger charge is 2.00. The van der Waals surface area contributed by atoms with Gasteiger partial charge in [0.05, 0.1) is 12.7 Å². The fourth-order valence-corrected chi connectivity index (χ4v) is 1.83. The largest absolute Gasteiger partial charge is 0.493 e. The third-order valence-corrected chi connectivity index (χ3v) is 3.02. The lowest BCUT2D eigenvalue weighted by molar-refractivity contribution is 0.0774. The van der Waals surface area contributed by atoms with Crippen LogP contribution < -0.4 is 15.4 Å². The van der Waals surface area contributed by atoms with E-state index in [-0.39, 0.29) is 12.1 Å². The van der Waals surface area contributed by atoms with Crippen molar-refractivity contribution < 1.29 is 14.3 Å². The quantitative estimate of drug-likeness (QED) is 0.653. The van der Waals surface area contributed by atoms with E-state index in [1.165, 1.54) is 0 Å². The van der Waals surface area contributed by atoms with Crippen molar-refractivity contribution in [2.75, 3.05) is 26.3 Å². The minimum Gasteiger partial charge on any atom is -0.493 e. The summed E-state index contributed by atoms with van der Waals surface area (Å²) < 4.78 is 11.1. The second-order valence-electron chi connectivity index (χ2n) is 5.42. The van der Waals surface area contributed by atoms with E-state index in [2.05, 4.69) is 10.6 Å². The van der Waals surface area contributed by atoms with Crippen molar-refractivity contribution in [2.45, 2.75) is 39.7 Å². The van der Waals surface area contributed by atoms with Crippen molar-refractivity contribution in [2.24, 2.45) is 0 Å². The maximum absolute atomic E-state index is 11.5. The lowest BCUT2D eigenvalue weighted by Crippen LogP contribution is -2.37. The van der Waals surface area contributed by atoms with Gasteiger partial charge in [-0.15, -0.1) is 0 Å². The number of carbonyl (C=O) groups is 1. The molecular formula is C17H28N2O3. The summed E-state index contributed by atoms with van der Waals surface area (Å²) in [6.07, 6.45) is 1.84. The van der Waals surface area contributed by atoms with Gasteiger partial charge in [-0.2, -0.15) is 0 Å². The Bertz CT molecular complexity index is 436. The molecule has 0 aromatic heterocycles. The number of para-hydroxylation sites is 1. The Morgan fingerprint density at radius 3 is 2.36 bits per heavy atom. The van der Waals surface area contributed by atoms with Crippen molar-refractivity contribution in [3.8, 4) is 5.75 Å².